The lowest BCUT2D eigenvalue weighted by Gasteiger charge is -2.34. The maximum Gasteiger partial charge on any atom is 0.228 e. The molecule has 1 fully saturated rings. The van der Waals surface area contributed by atoms with Crippen LogP contribution in [0, 0.1) is 0 Å². The number of amides is 1. The van der Waals surface area contributed by atoms with Gasteiger partial charge in [-0.25, -0.2) is 0 Å². The van der Waals surface area contributed by atoms with E-state index >= 15 is 0 Å². The highest BCUT2D eigenvalue weighted by atomic mass is 35.5. The van der Waals surface area contributed by atoms with Crippen LogP contribution in [-0.2, 0) is 11.2 Å². The molecule has 1 aliphatic rings. The van der Waals surface area contributed by atoms with Gasteiger partial charge in [-0.15, -0.1) is 11.6 Å². The first-order chi connectivity index (χ1) is 10.3. The number of para-hydroxylation sites is 1. The fraction of sp³-hybridized carbons (Fsp3) is 0.467. The molecule has 0 radical (unpaired) electrons. The number of hydrogen-bond donors (Lipinski definition) is 0. The van der Waals surface area contributed by atoms with Gasteiger partial charge in [-0.05, 0) is 12.1 Å². The average Bonchev–Trinajstić information content (AvgIpc) is 2.92. The normalized spacial score (nSPS) is 16.5. The van der Waals surface area contributed by atoms with E-state index in [2.05, 4.69) is 10.1 Å². The SMILES string of the molecule is O=C(Cc1noc2ccccc12)N1CCN(CCCl)CC1. The number of rotatable bonds is 4. The molecule has 1 amide bonds. The van der Waals surface area contributed by atoms with Crippen molar-refractivity contribution in [1.82, 2.24) is 15.0 Å². The monoisotopic (exact) mass is 307 g/mol. The van der Waals surface area contributed by atoms with Crippen LogP contribution in [0.5, 0.6) is 0 Å². The number of benzene rings is 1. The summed E-state index contributed by atoms with van der Waals surface area (Å²) in [6.45, 7) is 4.17. The molecule has 5 nitrogen and oxygen atoms in total. The number of piperazine rings is 1. The molecular formula is C15H18ClN3O2. The molecule has 0 N–H and O–H groups in total. The summed E-state index contributed by atoms with van der Waals surface area (Å²) in [5, 5.41) is 4.95. The van der Waals surface area contributed by atoms with Gasteiger partial charge in [0.2, 0.25) is 5.91 Å². The highest BCUT2D eigenvalue weighted by molar-refractivity contribution is 6.18. The first kappa shape index (κ1) is 14.4. The van der Waals surface area contributed by atoms with Gasteiger partial charge in [0.05, 0.1) is 6.42 Å². The Labute approximate surface area is 128 Å². The van der Waals surface area contributed by atoms with Crippen molar-refractivity contribution in [3.05, 3.63) is 30.0 Å². The third-order valence-corrected chi connectivity index (χ3v) is 4.07. The van der Waals surface area contributed by atoms with Crippen LogP contribution >= 0.6 is 11.6 Å². The molecule has 1 aliphatic heterocycles. The van der Waals surface area contributed by atoms with E-state index in [1.165, 1.54) is 0 Å². The Morgan fingerprint density at radius 1 is 1.24 bits per heavy atom. The predicted molar refractivity (Wildman–Crippen MR) is 81.5 cm³/mol. The minimum absolute atomic E-state index is 0.111. The number of alkyl halides is 1. The standard InChI is InChI=1S/C15H18ClN3O2/c16-5-6-18-7-9-19(10-8-18)15(20)11-13-12-3-1-2-4-14(12)21-17-13/h1-4H,5-11H2. The Hall–Kier alpha value is -1.59. The van der Waals surface area contributed by atoms with E-state index in [0.29, 0.717) is 12.3 Å². The second-order valence-electron chi connectivity index (χ2n) is 5.21. The van der Waals surface area contributed by atoms with Gasteiger partial charge in [0.25, 0.3) is 0 Å². The first-order valence-corrected chi connectivity index (χ1v) is 7.71. The van der Waals surface area contributed by atoms with Crippen LogP contribution in [0.4, 0.5) is 0 Å². The van der Waals surface area contributed by atoms with Gasteiger partial charge in [0.15, 0.2) is 5.58 Å². The number of nitrogens with zero attached hydrogens (tertiary/aromatic N) is 3. The summed E-state index contributed by atoms with van der Waals surface area (Å²) in [6, 6.07) is 7.63. The molecule has 21 heavy (non-hydrogen) atoms. The van der Waals surface area contributed by atoms with Crippen molar-refractivity contribution in [2.75, 3.05) is 38.6 Å². The summed E-state index contributed by atoms with van der Waals surface area (Å²) < 4.78 is 5.24. The number of hydrogen-bond acceptors (Lipinski definition) is 4. The molecule has 112 valence electrons. The largest absolute Gasteiger partial charge is 0.356 e. The van der Waals surface area contributed by atoms with E-state index in [1.807, 2.05) is 29.2 Å². The van der Waals surface area contributed by atoms with Gasteiger partial charge >= 0.3 is 0 Å². The smallest absolute Gasteiger partial charge is 0.228 e. The topological polar surface area (TPSA) is 49.6 Å². The molecule has 0 bridgehead atoms. The highest BCUT2D eigenvalue weighted by Gasteiger charge is 2.22. The Morgan fingerprint density at radius 3 is 2.76 bits per heavy atom. The molecule has 0 atom stereocenters. The molecule has 0 spiro atoms. The summed E-state index contributed by atoms with van der Waals surface area (Å²) in [7, 11) is 0. The van der Waals surface area contributed by atoms with E-state index in [9.17, 15) is 4.79 Å². The Balaban J connectivity index is 1.62. The van der Waals surface area contributed by atoms with Crippen molar-refractivity contribution >= 4 is 28.5 Å². The van der Waals surface area contributed by atoms with Crippen molar-refractivity contribution in [2.24, 2.45) is 0 Å². The summed E-state index contributed by atoms with van der Waals surface area (Å²) >= 11 is 5.74. The average molecular weight is 308 g/mol. The lowest BCUT2D eigenvalue weighted by atomic mass is 10.1. The summed E-state index contributed by atoms with van der Waals surface area (Å²) in [5.41, 5.74) is 1.45. The quantitative estimate of drug-likeness (QED) is 0.808. The fourth-order valence-electron chi connectivity index (χ4n) is 2.66. The zero-order valence-electron chi connectivity index (χ0n) is 11.8. The van der Waals surface area contributed by atoms with Crippen LogP contribution in [0.15, 0.2) is 28.8 Å². The van der Waals surface area contributed by atoms with Crippen molar-refractivity contribution in [3.8, 4) is 0 Å². The Morgan fingerprint density at radius 2 is 2.00 bits per heavy atom. The van der Waals surface area contributed by atoms with Crippen molar-refractivity contribution in [2.45, 2.75) is 6.42 Å². The minimum atomic E-state index is 0.111. The second-order valence-corrected chi connectivity index (χ2v) is 5.59. The van der Waals surface area contributed by atoms with E-state index in [4.69, 9.17) is 16.1 Å². The van der Waals surface area contributed by atoms with Crippen LogP contribution in [0.1, 0.15) is 5.69 Å². The zero-order valence-corrected chi connectivity index (χ0v) is 12.6. The molecule has 6 heteroatoms. The minimum Gasteiger partial charge on any atom is -0.356 e. The van der Waals surface area contributed by atoms with Crippen molar-refractivity contribution in [1.29, 1.82) is 0 Å². The number of fused-ring (bicyclic) bond motifs is 1. The van der Waals surface area contributed by atoms with Gasteiger partial charge in [0.1, 0.15) is 5.69 Å². The molecule has 1 aromatic carbocycles. The Kier molecular flexibility index (Phi) is 4.41. The number of aromatic nitrogens is 1. The molecular weight excluding hydrogens is 290 g/mol. The summed E-state index contributed by atoms with van der Waals surface area (Å²) in [4.78, 5) is 16.6. The molecule has 0 unspecified atom stereocenters. The Bertz CT molecular complexity index is 620. The molecule has 2 aromatic rings. The summed E-state index contributed by atoms with van der Waals surface area (Å²) in [5.74, 6) is 0.748. The van der Waals surface area contributed by atoms with Crippen molar-refractivity contribution in [3.63, 3.8) is 0 Å². The van der Waals surface area contributed by atoms with Gasteiger partial charge in [-0.3, -0.25) is 9.69 Å². The molecule has 1 saturated heterocycles. The highest BCUT2D eigenvalue weighted by Crippen LogP contribution is 2.19. The fourth-order valence-corrected chi connectivity index (χ4v) is 2.90. The molecule has 0 aliphatic carbocycles. The van der Waals surface area contributed by atoms with E-state index in [0.717, 1.165) is 49.4 Å². The van der Waals surface area contributed by atoms with Gasteiger partial charge < -0.3 is 9.42 Å². The third kappa shape index (κ3) is 3.19. The lowest BCUT2D eigenvalue weighted by Crippen LogP contribution is -2.49. The van der Waals surface area contributed by atoms with Crippen LogP contribution < -0.4 is 0 Å². The molecule has 0 saturated carbocycles. The third-order valence-electron chi connectivity index (χ3n) is 3.90. The number of carbonyl (C=O) groups excluding carboxylic acids is 1. The second kappa shape index (κ2) is 6.45. The zero-order chi connectivity index (χ0) is 14.7. The van der Waals surface area contributed by atoms with Gasteiger partial charge in [0, 0.05) is 44.0 Å². The molecule has 3 rings (SSSR count). The number of halogens is 1. The maximum atomic E-state index is 12.4. The molecule has 1 aromatic heterocycles. The van der Waals surface area contributed by atoms with Gasteiger partial charge in [-0.2, -0.15) is 0 Å². The van der Waals surface area contributed by atoms with Crippen LogP contribution in [0.3, 0.4) is 0 Å². The van der Waals surface area contributed by atoms with Crippen LogP contribution in [-0.4, -0.2) is 59.5 Å². The maximum absolute atomic E-state index is 12.4. The summed E-state index contributed by atoms with van der Waals surface area (Å²) in [6.07, 6.45) is 0.298. The lowest BCUT2D eigenvalue weighted by molar-refractivity contribution is -0.132. The van der Waals surface area contributed by atoms with E-state index in [-0.39, 0.29) is 5.91 Å². The number of carbonyl (C=O) groups is 1. The first-order valence-electron chi connectivity index (χ1n) is 7.17. The van der Waals surface area contributed by atoms with Crippen LogP contribution in [0.25, 0.3) is 11.0 Å². The predicted octanol–water partition coefficient (Wildman–Crippen LogP) is 1.75. The molecule has 2 heterocycles. The van der Waals surface area contributed by atoms with E-state index < -0.39 is 0 Å². The van der Waals surface area contributed by atoms with E-state index in [1.54, 1.807) is 0 Å². The van der Waals surface area contributed by atoms with Crippen LogP contribution in [0.2, 0.25) is 0 Å². The van der Waals surface area contributed by atoms with Crippen molar-refractivity contribution < 1.29 is 9.32 Å². The van der Waals surface area contributed by atoms with Gasteiger partial charge in [-0.1, -0.05) is 17.3 Å².